The van der Waals surface area contributed by atoms with Crippen molar-refractivity contribution in [1.29, 1.82) is 0 Å². The van der Waals surface area contributed by atoms with Crippen molar-refractivity contribution in [1.82, 2.24) is 14.7 Å². The molecule has 0 saturated carbocycles. The van der Waals surface area contributed by atoms with Crippen molar-refractivity contribution in [3.63, 3.8) is 0 Å². The summed E-state index contributed by atoms with van der Waals surface area (Å²) in [7, 11) is 3.06. The Morgan fingerprint density at radius 2 is 1.79 bits per heavy atom. The fourth-order valence-corrected chi connectivity index (χ4v) is 4.53. The highest BCUT2D eigenvalue weighted by Crippen LogP contribution is 2.39. The number of carbonyl (C=O) groups is 1. The average Bonchev–Trinajstić information content (AvgIpc) is 3.15. The van der Waals surface area contributed by atoms with Gasteiger partial charge >= 0.3 is 0 Å². The molecule has 8 heteroatoms. The van der Waals surface area contributed by atoms with Gasteiger partial charge in [0.1, 0.15) is 5.75 Å². The maximum Gasteiger partial charge on any atom is 0.267 e. The van der Waals surface area contributed by atoms with Crippen molar-refractivity contribution >= 4 is 44.0 Å². The molecule has 0 spiro atoms. The number of rotatable bonds is 6. The fraction of sp³-hybridized carbons (Fsp3) is 0.269. The average molecular weight is 460 g/mol. The number of pyridine rings is 2. The molecule has 2 aromatic carbocycles. The Morgan fingerprint density at radius 3 is 2.50 bits per heavy atom. The van der Waals surface area contributed by atoms with Gasteiger partial charge < -0.3 is 19.5 Å². The molecule has 0 bridgehead atoms. The van der Waals surface area contributed by atoms with E-state index in [9.17, 15) is 9.59 Å². The molecular weight excluding hydrogens is 434 g/mol. The monoisotopic (exact) mass is 459 g/mol. The van der Waals surface area contributed by atoms with Gasteiger partial charge in [-0.2, -0.15) is 0 Å². The topological polar surface area (TPSA) is 91.2 Å². The zero-order valence-electron chi connectivity index (χ0n) is 19.6. The largest absolute Gasteiger partial charge is 0.493 e. The number of aromatic nitrogens is 2. The summed E-state index contributed by atoms with van der Waals surface area (Å²) in [4.78, 5) is 30.7. The first-order valence-electron chi connectivity index (χ1n) is 11.1. The number of benzene rings is 2. The van der Waals surface area contributed by atoms with Gasteiger partial charge in [-0.05, 0) is 57.2 Å². The van der Waals surface area contributed by atoms with Crippen molar-refractivity contribution in [2.75, 3.05) is 14.2 Å². The lowest BCUT2D eigenvalue weighted by atomic mass is 10.1. The molecule has 1 N–H and O–H groups in total. The molecule has 0 radical (unpaired) electrons. The van der Waals surface area contributed by atoms with Crippen LogP contribution >= 0.6 is 0 Å². The standard InChI is InChI=1S/C26H25N3O5/c1-13(2)28-25(30)14(3)34-15-6-8-19-18(12-15)16-10-11-27-22-17-7-9-20(32-4)24(33-5)21(17)26(31)29(19)23(16)22/h6-14H,1-5H3,(H,28,30)/t14-/m0/s1. The van der Waals surface area contributed by atoms with Crippen molar-refractivity contribution in [3.05, 3.63) is 52.9 Å². The molecule has 0 saturated heterocycles. The number of amides is 1. The summed E-state index contributed by atoms with van der Waals surface area (Å²) in [6.07, 6.45) is 1.06. The summed E-state index contributed by atoms with van der Waals surface area (Å²) >= 11 is 0. The smallest absolute Gasteiger partial charge is 0.267 e. The third-order valence-corrected chi connectivity index (χ3v) is 5.98. The zero-order valence-corrected chi connectivity index (χ0v) is 19.6. The predicted molar refractivity (Wildman–Crippen MR) is 132 cm³/mol. The second-order valence-corrected chi connectivity index (χ2v) is 8.52. The van der Waals surface area contributed by atoms with Gasteiger partial charge in [0.05, 0.1) is 36.2 Å². The number of hydrogen-bond acceptors (Lipinski definition) is 6. The quantitative estimate of drug-likeness (QED) is 0.387. The third-order valence-electron chi connectivity index (χ3n) is 5.98. The van der Waals surface area contributed by atoms with Gasteiger partial charge in [-0.25, -0.2) is 0 Å². The van der Waals surface area contributed by atoms with Gasteiger partial charge in [-0.1, -0.05) is 0 Å². The molecule has 0 aliphatic carbocycles. The molecule has 3 heterocycles. The number of nitrogens with zero attached hydrogens (tertiary/aromatic N) is 2. The first-order valence-corrected chi connectivity index (χ1v) is 11.1. The van der Waals surface area contributed by atoms with E-state index < -0.39 is 6.10 Å². The van der Waals surface area contributed by atoms with Gasteiger partial charge in [-0.3, -0.25) is 19.0 Å². The van der Waals surface area contributed by atoms with E-state index >= 15 is 0 Å². The van der Waals surface area contributed by atoms with Crippen molar-refractivity contribution in [3.8, 4) is 17.2 Å². The van der Waals surface area contributed by atoms with Crippen LogP contribution in [0.1, 0.15) is 20.8 Å². The molecule has 1 amide bonds. The maximum atomic E-state index is 13.8. The van der Waals surface area contributed by atoms with E-state index in [1.54, 1.807) is 29.7 Å². The van der Waals surface area contributed by atoms with E-state index in [2.05, 4.69) is 10.3 Å². The normalized spacial score (nSPS) is 12.6. The van der Waals surface area contributed by atoms with E-state index in [1.165, 1.54) is 14.2 Å². The fourth-order valence-electron chi connectivity index (χ4n) is 4.53. The number of ether oxygens (including phenoxy) is 3. The van der Waals surface area contributed by atoms with E-state index in [1.807, 2.05) is 38.1 Å². The Hall–Kier alpha value is -4.07. The summed E-state index contributed by atoms with van der Waals surface area (Å²) in [6.45, 7) is 5.51. The lowest BCUT2D eigenvalue weighted by Gasteiger charge is -2.16. The second kappa shape index (κ2) is 8.06. The number of carbonyl (C=O) groups excluding carboxylic acids is 1. The van der Waals surface area contributed by atoms with E-state index in [0.29, 0.717) is 33.5 Å². The second-order valence-electron chi connectivity index (χ2n) is 8.52. The molecule has 0 unspecified atom stereocenters. The number of methoxy groups -OCH3 is 2. The molecule has 0 aliphatic heterocycles. The first-order chi connectivity index (χ1) is 16.3. The summed E-state index contributed by atoms with van der Waals surface area (Å²) in [5, 5.41) is 5.66. The van der Waals surface area contributed by atoms with Gasteiger partial charge in [0.15, 0.2) is 17.6 Å². The van der Waals surface area contributed by atoms with Crippen LogP contribution in [0.5, 0.6) is 17.2 Å². The van der Waals surface area contributed by atoms with Crippen LogP contribution in [-0.4, -0.2) is 41.7 Å². The molecule has 0 fully saturated rings. The lowest BCUT2D eigenvalue weighted by Crippen LogP contribution is -2.40. The minimum absolute atomic E-state index is 0.0230. The Kier molecular flexibility index (Phi) is 5.16. The van der Waals surface area contributed by atoms with Crippen LogP contribution in [0.3, 0.4) is 0 Å². The van der Waals surface area contributed by atoms with Crippen LogP contribution in [0.25, 0.3) is 38.1 Å². The van der Waals surface area contributed by atoms with Gasteiger partial charge in [0.25, 0.3) is 11.5 Å². The lowest BCUT2D eigenvalue weighted by molar-refractivity contribution is -0.127. The van der Waals surface area contributed by atoms with Crippen LogP contribution in [0.2, 0.25) is 0 Å². The highest BCUT2D eigenvalue weighted by molar-refractivity contribution is 6.19. The predicted octanol–water partition coefficient (Wildman–Crippen LogP) is 3.90. The highest BCUT2D eigenvalue weighted by Gasteiger charge is 2.23. The molecular formula is C26H25N3O5. The maximum absolute atomic E-state index is 13.8. The zero-order chi connectivity index (χ0) is 24.1. The summed E-state index contributed by atoms with van der Waals surface area (Å²) < 4.78 is 18.6. The molecule has 34 heavy (non-hydrogen) atoms. The summed E-state index contributed by atoms with van der Waals surface area (Å²) in [6, 6.07) is 11.0. The minimum atomic E-state index is -0.663. The highest BCUT2D eigenvalue weighted by atomic mass is 16.5. The third kappa shape index (κ3) is 3.17. The Bertz CT molecular complexity index is 1620. The van der Waals surface area contributed by atoms with Crippen LogP contribution in [0, 0.1) is 0 Å². The molecule has 0 aliphatic rings. The molecule has 1 atom stereocenters. The van der Waals surface area contributed by atoms with Gasteiger partial charge in [0.2, 0.25) is 0 Å². The Morgan fingerprint density at radius 1 is 1.00 bits per heavy atom. The van der Waals surface area contributed by atoms with Gasteiger partial charge in [0, 0.05) is 28.4 Å². The van der Waals surface area contributed by atoms with E-state index in [-0.39, 0.29) is 17.5 Å². The number of nitrogens with one attached hydrogen (secondary N) is 1. The Labute approximate surface area is 195 Å². The van der Waals surface area contributed by atoms with E-state index in [0.717, 1.165) is 21.8 Å². The molecule has 5 aromatic rings. The van der Waals surface area contributed by atoms with Crippen LogP contribution in [-0.2, 0) is 4.79 Å². The van der Waals surface area contributed by atoms with Crippen LogP contribution < -0.4 is 25.1 Å². The molecule has 5 rings (SSSR count). The molecule has 8 nitrogen and oxygen atoms in total. The molecule has 174 valence electrons. The van der Waals surface area contributed by atoms with Crippen LogP contribution in [0.4, 0.5) is 0 Å². The molecule has 3 aromatic heterocycles. The van der Waals surface area contributed by atoms with Crippen molar-refractivity contribution < 1.29 is 19.0 Å². The van der Waals surface area contributed by atoms with Crippen molar-refractivity contribution in [2.45, 2.75) is 32.9 Å². The SMILES string of the molecule is COc1ccc2c(c1OC)c(=O)n1c3ccc(O[C@@H](C)C(=O)NC(C)C)cc3c3ccnc2c31. The number of hydrogen-bond donors (Lipinski definition) is 1. The summed E-state index contributed by atoms with van der Waals surface area (Å²) in [5.74, 6) is 1.21. The minimum Gasteiger partial charge on any atom is -0.493 e. The first kappa shape index (κ1) is 21.8. The Balaban J connectivity index is 1.77. The van der Waals surface area contributed by atoms with Crippen LogP contribution in [0.15, 0.2) is 47.4 Å². The van der Waals surface area contributed by atoms with Crippen molar-refractivity contribution in [2.24, 2.45) is 0 Å². The summed E-state index contributed by atoms with van der Waals surface area (Å²) in [5.41, 5.74) is 1.92. The van der Waals surface area contributed by atoms with Gasteiger partial charge in [-0.15, -0.1) is 0 Å². The number of fused-ring (bicyclic) bond motifs is 5. The van der Waals surface area contributed by atoms with E-state index in [4.69, 9.17) is 14.2 Å².